The van der Waals surface area contributed by atoms with Crippen LogP contribution in [0.25, 0.3) is 11.1 Å². The molecule has 0 saturated carbocycles. The minimum absolute atomic E-state index is 0.0125. The Morgan fingerprint density at radius 1 is 0.846 bits per heavy atom. The smallest absolute Gasteiger partial charge is 0.232 e. The van der Waals surface area contributed by atoms with E-state index in [2.05, 4.69) is 46.7 Å². The third-order valence-corrected chi connectivity index (χ3v) is 7.87. The van der Waals surface area contributed by atoms with Crippen molar-refractivity contribution in [3.05, 3.63) is 137 Å². The first-order valence-corrected chi connectivity index (χ1v) is 13.8. The largest absolute Gasteiger partial charge is 0.392 e. The Bertz CT molecular complexity index is 1510. The zero-order chi connectivity index (χ0) is 27.2. The number of aliphatic hydroxyl groups excluding tert-OH is 1. The highest BCUT2D eigenvalue weighted by Crippen LogP contribution is 2.42. The number of aromatic nitrogens is 2. The van der Waals surface area contributed by atoms with Gasteiger partial charge < -0.3 is 10.4 Å². The van der Waals surface area contributed by atoms with Gasteiger partial charge in [-0.2, -0.15) is 0 Å². The number of rotatable bonds is 9. The number of nitrogens with zero attached hydrogens (tertiary/aromatic N) is 2. The molecule has 0 unspecified atom stereocenters. The molecule has 2 aromatic heterocycles. The molecule has 0 bridgehead atoms. The Hall–Kier alpha value is -4.13. The number of carbonyl (C=O) groups is 1. The second-order valence-corrected chi connectivity index (χ2v) is 11.0. The van der Waals surface area contributed by atoms with E-state index in [0.29, 0.717) is 11.6 Å². The van der Waals surface area contributed by atoms with Crippen molar-refractivity contribution in [1.29, 1.82) is 0 Å². The third kappa shape index (κ3) is 6.14. The van der Waals surface area contributed by atoms with Crippen molar-refractivity contribution in [2.45, 2.75) is 32.8 Å². The summed E-state index contributed by atoms with van der Waals surface area (Å²) in [5, 5.41) is 15.2. The van der Waals surface area contributed by atoms with Crippen molar-refractivity contribution in [2.75, 3.05) is 5.32 Å². The van der Waals surface area contributed by atoms with Gasteiger partial charge in [-0.3, -0.25) is 9.78 Å². The number of pyridine rings is 1. The van der Waals surface area contributed by atoms with Crippen molar-refractivity contribution in [3.8, 4) is 11.1 Å². The third-order valence-electron chi connectivity index (χ3n) is 7.06. The average Bonchev–Trinajstić information content (AvgIpc) is 3.41. The highest BCUT2D eigenvalue weighted by Gasteiger charge is 2.39. The van der Waals surface area contributed by atoms with E-state index in [1.807, 2.05) is 73.8 Å². The van der Waals surface area contributed by atoms with Crippen LogP contribution in [0.2, 0.25) is 0 Å². The molecule has 0 aliphatic carbocycles. The van der Waals surface area contributed by atoms with E-state index in [1.165, 1.54) is 11.3 Å². The summed E-state index contributed by atoms with van der Waals surface area (Å²) >= 11 is 1.44. The van der Waals surface area contributed by atoms with Gasteiger partial charge in [-0.1, -0.05) is 92.7 Å². The zero-order valence-electron chi connectivity index (χ0n) is 22.0. The monoisotopic (exact) mass is 533 g/mol. The fourth-order valence-electron chi connectivity index (χ4n) is 4.89. The lowest BCUT2D eigenvalue weighted by atomic mass is 9.70. The van der Waals surface area contributed by atoms with E-state index >= 15 is 0 Å². The van der Waals surface area contributed by atoms with Crippen LogP contribution in [0.3, 0.4) is 0 Å². The Morgan fingerprint density at radius 3 is 2.13 bits per heavy atom. The van der Waals surface area contributed by atoms with Gasteiger partial charge in [0, 0.05) is 30.1 Å². The standard InChI is InChI=1S/C33H31N3O2S/c1-33(2,30(27-6-4-3-5-7-27)28-14-10-24(21-37)11-15-28)31(38)36-32-35-29(22-39-32)20-23-8-12-25(13-9-23)26-16-18-34-19-17-26/h3-19,22,30,37H,20-21H2,1-2H3,(H,35,36,38)/t30-/m0/s1. The molecule has 0 radical (unpaired) electrons. The normalized spacial score (nSPS) is 12.2. The number of aliphatic hydroxyl groups is 1. The molecule has 0 spiro atoms. The number of anilines is 1. The summed E-state index contributed by atoms with van der Waals surface area (Å²) in [6, 6.07) is 30.4. The minimum Gasteiger partial charge on any atom is -0.392 e. The van der Waals surface area contributed by atoms with Gasteiger partial charge in [0.25, 0.3) is 0 Å². The first-order chi connectivity index (χ1) is 18.9. The number of hydrogen-bond donors (Lipinski definition) is 2. The fourth-order valence-corrected chi connectivity index (χ4v) is 5.60. The summed E-state index contributed by atoms with van der Waals surface area (Å²) in [7, 11) is 0. The highest BCUT2D eigenvalue weighted by molar-refractivity contribution is 7.13. The van der Waals surface area contributed by atoms with Crippen molar-refractivity contribution in [1.82, 2.24) is 9.97 Å². The molecule has 5 rings (SSSR count). The van der Waals surface area contributed by atoms with Crippen LogP contribution in [0.15, 0.2) is 109 Å². The summed E-state index contributed by atoms with van der Waals surface area (Å²) in [5.74, 6) is -0.269. The summed E-state index contributed by atoms with van der Waals surface area (Å²) < 4.78 is 0. The molecule has 2 N–H and O–H groups in total. The number of amides is 1. The molecule has 5 nitrogen and oxygen atoms in total. The van der Waals surface area contributed by atoms with Crippen LogP contribution in [-0.4, -0.2) is 21.0 Å². The molecule has 6 heteroatoms. The number of carbonyl (C=O) groups excluding carboxylic acids is 1. The molecule has 2 heterocycles. The highest BCUT2D eigenvalue weighted by atomic mass is 32.1. The predicted octanol–water partition coefficient (Wildman–Crippen LogP) is 7.09. The van der Waals surface area contributed by atoms with Crippen LogP contribution in [0, 0.1) is 5.41 Å². The van der Waals surface area contributed by atoms with E-state index in [1.54, 1.807) is 12.4 Å². The van der Waals surface area contributed by atoms with Crippen LogP contribution < -0.4 is 5.32 Å². The van der Waals surface area contributed by atoms with Crippen molar-refractivity contribution in [3.63, 3.8) is 0 Å². The molecule has 1 atom stereocenters. The molecule has 0 aliphatic rings. The summed E-state index contributed by atoms with van der Waals surface area (Å²) in [4.78, 5) is 22.5. The lowest BCUT2D eigenvalue weighted by Gasteiger charge is -2.34. The van der Waals surface area contributed by atoms with Crippen LogP contribution in [0.4, 0.5) is 5.13 Å². The van der Waals surface area contributed by atoms with E-state index in [9.17, 15) is 9.90 Å². The number of hydrogen-bond acceptors (Lipinski definition) is 5. The number of nitrogens with one attached hydrogen (secondary N) is 1. The van der Waals surface area contributed by atoms with Crippen molar-refractivity contribution in [2.24, 2.45) is 5.41 Å². The van der Waals surface area contributed by atoms with Crippen molar-refractivity contribution >= 4 is 22.4 Å². The minimum atomic E-state index is -0.767. The fraction of sp³-hybridized carbons (Fsp3) is 0.182. The first kappa shape index (κ1) is 26.5. The molecule has 39 heavy (non-hydrogen) atoms. The maximum atomic E-state index is 13.7. The summed E-state index contributed by atoms with van der Waals surface area (Å²) in [6.45, 7) is 3.93. The zero-order valence-corrected chi connectivity index (χ0v) is 22.9. The van der Waals surface area contributed by atoms with Crippen LogP contribution in [-0.2, 0) is 17.8 Å². The topological polar surface area (TPSA) is 75.1 Å². The lowest BCUT2D eigenvalue weighted by Crippen LogP contribution is -2.37. The molecule has 3 aromatic carbocycles. The predicted molar refractivity (Wildman–Crippen MR) is 158 cm³/mol. The van der Waals surface area contributed by atoms with E-state index in [4.69, 9.17) is 4.98 Å². The van der Waals surface area contributed by atoms with Crippen LogP contribution in [0.5, 0.6) is 0 Å². The first-order valence-electron chi connectivity index (χ1n) is 12.9. The number of benzene rings is 3. The van der Waals surface area contributed by atoms with Gasteiger partial charge in [-0.05, 0) is 45.5 Å². The summed E-state index contributed by atoms with van der Waals surface area (Å²) in [6.07, 6.45) is 4.28. The molecule has 196 valence electrons. The molecular weight excluding hydrogens is 502 g/mol. The van der Waals surface area contributed by atoms with Crippen LogP contribution >= 0.6 is 11.3 Å². The van der Waals surface area contributed by atoms with Crippen molar-refractivity contribution < 1.29 is 9.90 Å². The Kier molecular flexibility index (Phi) is 7.96. The molecule has 0 fully saturated rings. The van der Waals surface area contributed by atoms with Gasteiger partial charge >= 0.3 is 0 Å². The SMILES string of the molecule is CC(C)(C(=O)Nc1nc(Cc2ccc(-c3ccncc3)cc2)cs1)[C@@H](c1ccccc1)c1ccc(CO)cc1. The van der Waals surface area contributed by atoms with E-state index in [-0.39, 0.29) is 18.4 Å². The van der Waals surface area contributed by atoms with Gasteiger partial charge in [-0.15, -0.1) is 11.3 Å². The summed E-state index contributed by atoms with van der Waals surface area (Å²) in [5.41, 5.74) is 6.52. The van der Waals surface area contributed by atoms with Gasteiger partial charge in [0.2, 0.25) is 5.91 Å². The second-order valence-electron chi connectivity index (χ2n) is 10.2. The molecule has 5 aromatic rings. The molecule has 1 amide bonds. The Morgan fingerprint density at radius 2 is 1.46 bits per heavy atom. The van der Waals surface area contributed by atoms with E-state index in [0.717, 1.165) is 39.1 Å². The maximum Gasteiger partial charge on any atom is 0.232 e. The Balaban J connectivity index is 1.31. The maximum absolute atomic E-state index is 13.7. The van der Waals surface area contributed by atoms with Gasteiger partial charge in [0.05, 0.1) is 17.7 Å². The molecule has 0 saturated heterocycles. The Labute approximate surface area is 233 Å². The second kappa shape index (κ2) is 11.7. The molecular formula is C33H31N3O2S. The quantitative estimate of drug-likeness (QED) is 0.212. The average molecular weight is 534 g/mol. The number of thiazole rings is 1. The van der Waals surface area contributed by atoms with Gasteiger partial charge in [0.1, 0.15) is 0 Å². The van der Waals surface area contributed by atoms with E-state index < -0.39 is 5.41 Å². The molecule has 0 aliphatic heterocycles. The van der Waals surface area contributed by atoms with Crippen LogP contribution in [0.1, 0.15) is 47.7 Å². The lowest BCUT2D eigenvalue weighted by molar-refractivity contribution is -0.124. The van der Waals surface area contributed by atoms with Gasteiger partial charge in [-0.25, -0.2) is 4.98 Å². The van der Waals surface area contributed by atoms with Gasteiger partial charge in [0.15, 0.2) is 5.13 Å².